The van der Waals surface area contributed by atoms with Crippen LogP contribution in [0.2, 0.25) is 15.1 Å². The highest BCUT2D eigenvalue weighted by Crippen LogP contribution is 2.31. The van der Waals surface area contributed by atoms with Crippen LogP contribution in [0, 0.1) is 11.3 Å². The topological polar surface area (TPSA) is 70.0 Å². The maximum atomic E-state index is 12.3. The lowest BCUT2D eigenvalue weighted by molar-refractivity contribution is 0.601. The number of benzene rings is 2. The highest BCUT2D eigenvalue weighted by Gasteiger charge is 2.21. The Morgan fingerprint density at radius 2 is 1.62 bits per heavy atom. The Labute approximate surface area is 136 Å². The van der Waals surface area contributed by atoms with Gasteiger partial charge in [-0.3, -0.25) is 4.72 Å². The van der Waals surface area contributed by atoms with E-state index in [-0.39, 0.29) is 31.2 Å². The molecule has 0 heterocycles. The first-order valence-electron chi connectivity index (χ1n) is 5.52. The highest BCUT2D eigenvalue weighted by atomic mass is 35.5. The van der Waals surface area contributed by atoms with E-state index in [1.807, 2.05) is 6.07 Å². The Bertz CT molecular complexity index is 845. The summed E-state index contributed by atoms with van der Waals surface area (Å²) in [5, 5.41) is 9.22. The molecule has 0 spiro atoms. The van der Waals surface area contributed by atoms with Crippen LogP contribution in [0.25, 0.3) is 0 Å². The lowest BCUT2D eigenvalue weighted by atomic mass is 10.2. The van der Waals surface area contributed by atoms with Gasteiger partial charge in [-0.05, 0) is 24.3 Å². The zero-order valence-corrected chi connectivity index (χ0v) is 13.4. The number of nitrogens with zero attached hydrogens (tertiary/aromatic N) is 1. The molecular formula is C13H7Cl3N2O2S. The standard InChI is InChI=1S/C13H7Cl3N2O2S/c14-9-3-1-5-11(8(9)7-17)18-21(19,20)12-6-2-4-10(15)13(12)16/h1-6,18H. The van der Waals surface area contributed by atoms with Crippen LogP contribution in [0.15, 0.2) is 41.3 Å². The van der Waals surface area contributed by atoms with Crippen LogP contribution in [-0.4, -0.2) is 8.42 Å². The minimum atomic E-state index is -3.99. The smallest absolute Gasteiger partial charge is 0.263 e. The zero-order valence-electron chi connectivity index (χ0n) is 10.3. The quantitative estimate of drug-likeness (QED) is 0.885. The van der Waals surface area contributed by atoms with E-state index >= 15 is 0 Å². The number of halogens is 3. The van der Waals surface area contributed by atoms with Gasteiger partial charge in [-0.25, -0.2) is 8.42 Å². The van der Waals surface area contributed by atoms with Crippen molar-refractivity contribution in [1.29, 1.82) is 5.26 Å². The van der Waals surface area contributed by atoms with Crippen LogP contribution in [0.4, 0.5) is 5.69 Å². The Morgan fingerprint density at radius 3 is 2.29 bits per heavy atom. The van der Waals surface area contributed by atoms with Crippen LogP contribution in [0.1, 0.15) is 5.56 Å². The summed E-state index contributed by atoms with van der Waals surface area (Å²) in [5.74, 6) is 0. The fourth-order valence-corrected chi connectivity index (χ4v) is 3.67. The summed E-state index contributed by atoms with van der Waals surface area (Å²) in [6, 6.07) is 10.5. The van der Waals surface area contributed by atoms with Crippen LogP contribution < -0.4 is 4.72 Å². The number of rotatable bonds is 3. The number of nitriles is 1. The molecule has 4 nitrogen and oxygen atoms in total. The van der Waals surface area contributed by atoms with Crippen LogP contribution >= 0.6 is 34.8 Å². The molecule has 0 saturated heterocycles. The molecule has 21 heavy (non-hydrogen) atoms. The molecule has 1 N–H and O–H groups in total. The molecule has 0 aliphatic rings. The van der Waals surface area contributed by atoms with Crippen LogP contribution in [0.5, 0.6) is 0 Å². The van der Waals surface area contributed by atoms with Crippen molar-refractivity contribution < 1.29 is 8.42 Å². The molecule has 8 heteroatoms. The summed E-state index contributed by atoms with van der Waals surface area (Å²) in [6.45, 7) is 0. The van der Waals surface area contributed by atoms with E-state index in [4.69, 9.17) is 40.1 Å². The Kier molecular flexibility index (Phi) is 4.64. The molecule has 0 fully saturated rings. The fourth-order valence-electron chi connectivity index (χ4n) is 1.61. The molecule has 2 rings (SSSR count). The van der Waals surface area contributed by atoms with E-state index in [1.54, 1.807) is 0 Å². The number of sulfonamides is 1. The van der Waals surface area contributed by atoms with E-state index in [0.29, 0.717) is 0 Å². The average molecular weight is 362 g/mol. The van der Waals surface area contributed by atoms with Gasteiger partial charge in [-0.1, -0.05) is 46.9 Å². The highest BCUT2D eigenvalue weighted by molar-refractivity contribution is 7.92. The molecular weight excluding hydrogens is 355 g/mol. The first kappa shape index (κ1) is 15.9. The number of nitrogens with one attached hydrogen (secondary N) is 1. The van der Waals surface area contributed by atoms with Crippen molar-refractivity contribution in [2.24, 2.45) is 0 Å². The Balaban J connectivity index is 2.51. The van der Waals surface area contributed by atoms with Gasteiger partial charge in [-0.2, -0.15) is 5.26 Å². The number of hydrogen-bond acceptors (Lipinski definition) is 3. The van der Waals surface area contributed by atoms with E-state index in [1.165, 1.54) is 36.4 Å². The van der Waals surface area contributed by atoms with Gasteiger partial charge >= 0.3 is 0 Å². The molecule has 2 aromatic carbocycles. The largest absolute Gasteiger partial charge is 0.278 e. The Hall–Kier alpha value is -1.45. The molecule has 108 valence electrons. The van der Waals surface area contributed by atoms with Crippen molar-refractivity contribution in [2.75, 3.05) is 4.72 Å². The van der Waals surface area contributed by atoms with E-state index in [0.717, 1.165) is 0 Å². The molecule has 0 aromatic heterocycles. The van der Waals surface area contributed by atoms with Gasteiger partial charge < -0.3 is 0 Å². The van der Waals surface area contributed by atoms with Gasteiger partial charge in [0, 0.05) is 0 Å². The van der Waals surface area contributed by atoms with Gasteiger partial charge in [0.15, 0.2) is 0 Å². The van der Waals surface area contributed by atoms with Gasteiger partial charge in [0.05, 0.1) is 26.3 Å². The van der Waals surface area contributed by atoms with Crippen LogP contribution in [-0.2, 0) is 10.0 Å². The molecule has 0 radical (unpaired) electrons. The summed E-state index contributed by atoms with van der Waals surface area (Å²) in [7, 11) is -3.99. The fraction of sp³-hybridized carbons (Fsp3) is 0. The molecule has 0 aliphatic carbocycles. The second kappa shape index (κ2) is 6.12. The van der Waals surface area contributed by atoms with Crippen molar-refractivity contribution in [1.82, 2.24) is 0 Å². The first-order chi connectivity index (χ1) is 9.86. The van der Waals surface area contributed by atoms with Crippen molar-refractivity contribution >= 4 is 50.5 Å². The molecule has 0 unspecified atom stereocenters. The van der Waals surface area contributed by atoms with E-state index < -0.39 is 10.0 Å². The van der Waals surface area contributed by atoms with Crippen molar-refractivity contribution in [3.63, 3.8) is 0 Å². The summed E-state index contributed by atoms with van der Waals surface area (Å²) in [5.41, 5.74) is 0.0990. The summed E-state index contributed by atoms with van der Waals surface area (Å²) >= 11 is 17.6. The molecule has 0 saturated carbocycles. The Morgan fingerprint density at radius 1 is 1.00 bits per heavy atom. The molecule has 0 amide bonds. The summed E-state index contributed by atoms with van der Waals surface area (Å²) in [4.78, 5) is -0.180. The van der Waals surface area contributed by atoms with Gasteiger partial charge in [0.2, 0.25) is 0 Å². The normalized spacial score (nSPS) is 11.0. The number of anilines is 1. The minimum absolute atomic E-state index is 0.0286. The SMILES string of the molecule is N#Cc1c(Cl)cccc1NS(=O)(=O)c1cccc(Cl)c1Cl. The summed E-state index contributed by atoms with van der Waals surface area (Å²) in [6.07, 6.45) is 0. The first-order valence-corrected chi connectivity index (χ1v) is 8.14. The molecule has 2 aromatic rings. The van der Waals surface area contributed by atoms with E-state index in [9.17, 15) is 8.42 Å². The van der Waals surface area contributed by atoms with Crippen molar-refractivity contribution in [2.45, 2.75) is 4.90 Å². The third-order valence-electron chi connectivity index (χ3n) is 2.58. The van der Waals surface area contributed by atoms with Gasteiger partial charge in [-0.15, -0.1) is 0 Å². The third-order valence-corrected chi connectivity index (χ3v) is 5.23. The maximum Gasteiger partial charge on any atom is 0.263 e. The predicted octanol–water partition coefficient (Wildman–Crippen LogP) is 4.32. The lowest BCUT2D eigenvalue weighted by Crippen LogP contribution is -2.14. The molecule has 0 bridgehead atoms. The third kappa shape index (κ3) is 3.25. The van der Waals surface area contributed by atoms with Crippen LogP contribution in [0.3, 0.4) is 0 Å². The van der Waals surface area contributed by atoms with Crippen molar-refractivity contribution in [3.8, 4) is 6.07 Å². The molecule has 0 aliphatic heterocycles. The van der Waals surface area contributed by atoms with Gasteiger partial charge in [0.25, 0.3) is 10.0 Å². The predicted molar refractivity (Wildman–Crippen MR) is 83.4 cm³/mol. The second-order valence-corrected chi connectivity index (χ2v) is 6.77. The molecule has 0 atom stereocenters. The number of hydrogen-bond donors (Lipinski definition) is 1. The second-order valence-electron chi connectivity index (χ2n) is 3.93. The van der Waals surface area contributed by atoms with E-state index in [2.05, 4.69) is 4.72 Å². The summed E-state index contributed by atoms with van der Waals surface area (Å²) < 4.78 is 27.0. The minimum Gasteiger partial charge on any atom is -0.278 e. The lowest BCUT2D eigenvalue weighted by Gasteiger charge is -2.11. The monoisotopic (exact) mass is 360 g/mol. The van der Waals surface area contributed by atoms with Gasteiger partial charge in [0.1, 0.15) is 11.0 Å². The van der Waals surface area contributed by atoms with Crippen molar-refractivity contribution in [3.05, 3.63) is 57.0 Å². The zero-order chi connectivity index (χ0) is 15.6. The average Bonchev–Trinajstić information content (AvgIpc) is 2.41. The maximum absolute atomic E-state index is 12.3.